The number of allylic oxidation sites excluding steroid dienone is 4. The van der Waals surface area contributed by atoms with Gasteiger partial charge in [0.15, 0.2) is 0 Å². The minimum Gasteiger partial charge on any atom is -0.388 e. The van der Waals surface area contributed by atoms with E-state index in [9.17, 15) is 0 Å². The van der Waals surface area contributed by atoms with Crippen molar-refractivity contribution >= 4 is 41.0 Å². The second-order valence-corrected chi connectivity index (χ2v) is 4.32. The van der Waals surface area contributed by atoms with Gasteiger partial charge >= 0.3 is 6.85 Å². The molecule has 0 aromatic carbocycles. The van der Waals surface area contributed by atoms with Crippen molar-refractivity contribution in [3.05, 3.63) is 45.1 Å². The lowest BCUT2D eigenvalue weighted by atomic mass is 9.58. The molecule has 2 aliphatic rings. The molecule has 4 heteroatoms. The summed E-state index contributed by atoms with van der Waals surface area (Å²) < 4.78 is 1.25. The quantitative estimate of drug-likeness (QED) is 0.489. The summed E-state index contributed by atoms with van der Waals surface area (Å²) in [6, 6.07) is 0. The van der Waals surface area contributed by atoms with Crippen molar-refractivity contribution < 1.29 is 0 Å². The summed E-state index contributed by atoms with van der Waals surface area (Å²) in [4.78, 5) is 2.98. The summed E-state index contributed by atoms with van der Waals surface area (Å²) in [5.74, 6) is 0. The Labute approximate surface area is 90.7 Å². The fourth-order valence-corrected chi connectivity index (χ4v) is 2.64. The van der Waals surface area contributed by atoms with E-state index in [0.717, 1.165) is 4.93 Å². The Morgan fingerprint density at radius 2 is 1.92 bits per heavy atom. The normalized spacial score (nSPS) is 20.5. The van der Waals surface area contributed by atoms with Crippen molar-refractivity contribution in [2.75, 3.05) is 0 Å². The average Bonchev–Trinajstić information content (AvgIpc) is 2.04. The summed E-state index contributed by atoms with van der Waals surface area (Å²) in [6.45, 7) is 0.224. The van der Waals surface area contributed by atoms with Crippen LogP contribution in [0.3, 0.4) is 0 Å². The second kappa shape index (κ2) is 3.30. The Morgan fingerprint density at radius 3 is 2.58 bits per heavy atom. The molecule has 0 aromatic rings. The van der Waals surface area contributed by atoms with E-state index in [-0.39, 0.29) is 6.85 Å². The van der Waals surface area contributed by atoms with Gasteiger partial charge in [-0.1, -0.05) is 46.3 Å². The van der Waals surface area contributed by atoms with Crippen LogP contribution in [0.4, 0.5) is 0 Å². The first-order valence-corrected chi connectivity index (χ1v) is 5.10. The Hall–Kier alpha value is -0.155. The van der Waals surface area contributed by atoms with E-state index in [2.05, 4.69) is 33.5 Å². The van der Waals surface area contributed by atoms with Gasteiger partial charge in [0, 0.05) is 4.93 Å². The molecule has 0 atom stereocenters. The lowest BCUT2D eigenvalue weighted by molar-refractivity contribution is 0.788. The van der Waals surface area contributed by atoms with Gasteiger partial charge in [0.1, 0.15) is 0 Å². The van der Waals surface area contributed by atoms with E-state index in [0.29, 0.717) is 0 Å². The maximum atomic E-state index is 6.07. The SMILES string of the molecule is ClC1=CC=CN2C=CC=C(I)B12. The predicted octanol–water partition coefficient (Wildman–Crippen LogP) is 2.85. The smallest absolute Gasteiger partial charge is 0.345 e. The van der Waals surface area contributed by atoms with Crippen LogP contribution in [-0.4, -0.2) is 11.7 Å². The van der Waals surface area contributed by atoms with Crippen LogP contribution in [0.1, 0.15) is 0 Å². The van der Waals surface area contributed by atoms with Gasteiger partial charge in [-0.2, -0.15) is 0 Å². The molecule has 0 aromatic heterocycles. The van der Waals surface area contributed by atoms with Crippen molar-refractivity contribution in [1.29, 1.82) is 0 Å². The lowest BCUT2D eigenvalue weighted by Crippen LogP contribution is -2.35. The van der Waals surface area contributed by atoms with E-state index in [1.54, 1.807) is 0 Å². The Balaban J connectivity index is 2.38. The van der Waals surface area contributed by atoms with Crippen LogP contribution < -0.4 is 0 Å². The second-order valence-electron chi connectivity index (χ2n) is 2.64. The van der Waals surface area contributed by atoms with Gasteiger partial charge < -0.3 is 4.81 Å². The molecule has 0 bridgehead atoms. The number of halogens is 2. The predicted molar refractivity (Wildman–Crippen MR) is 61.9 cm³/mol. The van der Waals surface area contributed by atoms with Crippen LogP contribution in [-0.2, 0) is 0 Å². The fraction of sp³-hybridized carbons (Fsp3) is 0. The van der Waals surface area contributed by atoms with Gasteiger partial charge in [-0.05, 0) is 28.0 Å². The average molecular weight is 289 g/mol. The molecule has 0 aliphatic carbocycles. The number of hydrogen-bond donors (Lipinski definition) is 0. The molecular formula is C8H6BClIN. The van der Waals surface area contributed by atoms with E-state index >= 15 is 0 Å². The van der Waals surface area contributed by atoms with Gasteiger partial charge in [0.05, 0.1) is 0 Å². The first kappa shape index (κ1) is 8.44. The zero-order valence-electron chi connectivity index (χ0n) is 6.24. The van der Waals surface area contributed by atoms with E-state index in [1.165, 1.54) is 3.48 Å². The summed E-state index contributed by atoms with van der Waals surface area (Å²) in [6.07, 6.45) is 12.1. The van der Waals surface area contributed by atoms with Gasteiger partial charge in [0.25, 0.3) is 0 Å². The molecule has 0 radical (unpaired) electrons. The lowest BCUT2D eigenvalue weighted by Gasteiger charge is -2.28. The molecule has 12 heavy (non-hydrogen) atoms. The van der Waals surface area contributed by atoms with Crippen LogP contribution >= 0.6 is 34.2 Å². The third kappa shape index (κ3) is 1.35. The Kier molecular flexibility index (Phi) is 2.32. The molecule has 2 aliphatic heterocycles. The van der Waals surface area contributed by atoms with Crippen molar-refractivity contribution in [1.82, 2.24) is 4.81 Å². The summed E-state index contributed by atoms with van der Waals surface area (Å²) >= 11 is 8.39. The maximum Gasteiger partial charge on any atom is 0.345 e. The zero-order chi connectivity index (χ0) is 8.55. The molecule has 0 spiro atoms. The number of rotatable bonds is 0. The molecule has 0 fully saturated rings. The zero-order valence-corrected chi connectivity index (χ0v) is 9.16. The van der Waals surface area contributed by atoms with Crippen LogP contribution in [0.2, 0.25) is 0 Å². The molecule has 60 valence electrons. The molecule has 0 amide bonds. The van der Waals surface area contributed by atoms with Crippen LogP contribution in [0.5, 0.6) is 0 Å². The summed E-state index contributed by atoms with van der Waals surface area (Å²) in [5.41, 5.74) is 0. The van der Waals surface area contributed by atoms with Crippen molar-refractivity contribution in [3.8, 4) is 0 Å². The number of hydrogen-bond acceptors (Lipinski definition) is 1. The van der Waals surface area contributed by atoms with Gasteiger partial charge in [-0.25, -0.2) is 0 Å². The van der Waals surface area contributed by atoms with Gasteiger partial charge in [-0.15, -0.1) is 0 Å². The highest BCUT2D eigenvalue weighted by molar-refractivity contribution is 14.1. The minimum atomic E-state index is 0.224. The third-order valence-corrected chi connectivity index (χ3v) is 3.13. The summed E-state index contributed by atoms with van der Waals surface area (Å²) in [5, 5.41) is 0. The van der Waals surface area contributed by atoms with Gasteiger partial charge in [0.2, 0.25) is 0 Å². The Bertz CT molecular complexity index is 289. The summed E-state index contributed by atoms with van der Waals surface area (Å²) in [7, 11) is 0. The number of fused-ring (bicyclic) bond motifs is 1. The molecule has 2 rings (SSSR count). The molecule has 2 heterocycles. The first-order chi connectivity index (χ1) is 5.79. The van der Waals surface area contributed by atoms with E-state index in [4.69, 9.17) is 11.6 Å². The van der Waals surface area contributed by atoms with Crippen LogP contribution in [0, 0.1) is 0 Å². The molecular weight excluding hydrogens is 283 g/mol. The highest BCUT2D eigenvalue weighted by Crippen LogP contribution is 2.28. The molecule has 0 unspecified atom stereocenters. The van der Waals surface area contributed by atoms with Crippen molar-refractivity contribution in [3.63, 3.8) is 0 Å². The Morgan fingerprint density at radius 1 is 1.25 bits per heavy atom. The first-order valence-electron chi connectivity index (χ1n) is 3.64. The topological polar surface area (TPSA) is 3.24 Å². The van der Waals surface area contributed by atoms with Crippen molar-refractivity contribution in [2.24, 2.45) is 0 Å². The van der Waals surface area contributed by atoms with E-state index in [1.807, 2.05) is 30.6 Å². The van der Waals surface area contributed by atoms with E-state index < -0.39 is 0 Å². The monoisotopic (exact) mass is 289 g/mol. The molecule has 0 N–H and O–H groups in total. The minimum absolute atomic E-state index is 0.224. The maximum absolute atomic E-state index is 6.07. The fourth-order valence-electron chi connectivity index (χ4n) is 1.29. The van der Waals surface area contributed by atoms with Crippen LogP contribution in [0.25, 0.3) is 0 Å². The largest absolute Gasteiger partial charge is 0.388 e. The van der Waals surface area contributed by atoms with Gasteiger partial charge in [-0.3, -0.25) is 0 Å². The highest BCUT2D eigenvalue weighted by Gasteiger charge is 2.29. The molecule has 1 nitrogen and oxygen atoms in total. The number of nitrogens with zero attached hydrogens (tertiary/aromatic N) is 1. The molecule has 0 saturated carbocycles. The standard InChI is InChI=1S/C8H6BClIN/c10-7-3-1-5-12-6-2-4-8(11)9(7)12/h1-6H. The highest BCUT2D eigenvalue weighted by atomic mass is 127. The molecule has 0 saturated heterocycles. The third-order valence-electron chi connectivity index (χ3n) is 1.85. The van der Waals surface area contributed by atoms with Crippen LogP contribution in [0.15, 0.2) is 45.1 Å². The van der Waals surface area contributed by atoms with Crippen molar-refractivity contribution in [2.45, 2.75) is 0 Å².